The highest BCUT2D eigenvalue weighted by molar-refractivity contribution is 5.90. The third kappa shape index (κ3) is 2.37. The van der Waals surface area contributed by atoms with Gasteiger partial charge in [0.2, 0.25) is 5.89 Å². The molecule has 16 heavy (non-hydrogen) atoms. The van der Waals surface area contributed by atoms with Crippen LogP contribution in [0, 0.1) is 0 Å². The van der Waals surface area contributed by atoms with Crippen molar-refractivity contribution in [3.8, 4) is 0 Å². The van der Waals surface area contributed by atoms with E-state index in [4.69, 9.17) is 10.3 Å². The van der Waals surface area contributed by atoms with Gasteiger partial charge >= 0.3 is 0 Å². The number of carbonyl (C=O) groups is 1. The molecule has 1 aromatic rings. The van der Waals surface area contributed by atoms with Crippen molar-refractivity contribution < 1.29 is 14.4 Å². The largest absolute Gasteiger partial charge is 0.391 e. The van der Waals surface area contributed by atoms with E-state index in [1.165, 1.54) is 6.92 Å². The van der Waals surface area contributed by atoms with Crippen molar-refractivity contribution in [3.05, 3.63) is 11.7 Å². The minimum absolute atomic E-state index is 0.0435. The Labute approximate surface area is 92.0 Å². The van der Waals surface area contributed by atoms with Crippen molar-refractivity contribution in [2.75, 3.05) is 0 Å². The van der Waals surface area contributed by atoms with Crippen LogP contribution in [-0.2, 0) is 0 Å². The average molecular weight is 226 g/mol. The fraction of sp³-hybridized carbons (Fsp3) is 0.667. The van der Waals surface area contributed by atoms with Gasteiger partial charge in [0.1, 0.15) is 6.04 Å². The molecule has 0 bridgehead atoms. The standard InChI is InChI=1S/C9H14N4O3/c1-4(14)6(10)9-12-7(13-16-9)8(15)11-5-2-3-5/h4-6,14H,2-3,10H2,1H3,(H,11,15). The van der Waals surface area contributed by atoms with Crippen LogP contribution in [0.1, 0.15) is 42.3 Å². The zero-order valence-electron chi connectivity index (χ0n) is 8.88. The smallest absolute Gasteiger partial charge is 0.292 e. The second kappa shape index (κ2) is 4.18. The number of aliphatic hydroxyl groups is 1. The molecule has 0 saturated heterocycles. The Kier molecular flexibility index (Phi) is 2.88. The summed E-state index contributed by atoms with van der Waals surface area (Å²) >= 11 is 0. The first kappa shape index (κ1) is 11.0. The SMILES string of the molecule is CC(O)C(N)c1nc(C(=O)NC2CC2)no1. The van der Waals surface area contributed by atoms with E-state index < -0.39 is 12.1 Å². The molecule has 7 nitrogen and oxygen atoms in total. The Morgan fingerprint density at radius 2 is 2.38 bits per heavy atom. The van der Waals surface area contributed by atoms with E-state index in [0.717, 1.165) is 12.8 Å². The summed E-state index contributed by atoms with van der Waals surface area (Å²) < 4.78 is 4.80. The van der Waals surface area contributed by atoms with Gasteiger partial charge in [-0.3, -0.25) is 4.79 Å². The van der Waals surface area contributed by atoms with Crippen LogP contribution in [0.15, 0.2) is 4.52 Å². The summed E-state index contributed by atoms with van der Waals surface area (Å²) in [6.07, 6.45) is 1.17. The van der Waals surface area contributed by atoms with Crippen molar-refractivity contribution in [2.24, 2.45) is 5.73 Å². The number of carbonyl (C=O) groups excluding carboxylic acids is 1. The number of nitrogens with two attached hydrogens (primary N) is 1. The van der Waals surface area contributed by atoms with Crippen molar-refractivity contribution in [2.45, 2.75) is 38.0 Å². The molecule has 1 aliphatic carbocycles. The van der Waals surface area contributed by atoms with Crippen LogP contribution in [-0.4, -0.2) is 33.3 Å². The Bertz CT molecular complexity index is 386. The van der Waals surface area contributed by atoms with Gasteiger partial charge in [0.25, 0.3) is 11.7 Å². The van der Waals surface area contributed by atoms with E-state index in [2.05, 4.69) is 15.5 Å². The van der Waals surface area contributed by atoms with E-state index in [1.54, 1.807) is 0 Å². The number of aliphatic hydroxyl groups excluding tert-OH is 1. The Morgan fingerprint density at radius 1 is 1.69 bits per heavy atom. The lowest BCUT2D eigenvalue weighted by atomic mass is 10.2. The number of rotatable bonds is 4. The molecule has 1 aliphatic rings. The lowest BCUT2D eigenvalue weighted by molar-refractivity contribution is 0.0937. The molecule has 0 spiro atoms. The molecule has 7 heteroatoms. The fourth-order valence-electron chi connectivity index (χ4n) is 1.15. The Morgan fingerprint density at radius 3 is 2.94 bits per heavy atom. The summed E-state index contributed by atoms with van der Waals surface area (Å²) in [6.45, 7) is 1.51. The van der Waals surface area contributed by atoms with Gasteiger partial charge in [0, 0.05) is 6.04 Å². The maximum Gasteiger partial charge on any atom is 0.292 e. The van der Waals surface area contributed by atoms with Gasteiger partial charge in [-0.05, 0) is 19.8 Å². The van der Waals surface area contributed by atoms with Crippen LogP contribution in [0.3, 0.4) is 0 Å². The number of amides is 1. The Balaban J connectivity index is 2.03. The van der Waals surface area contributed by atoms with E-state index in [9.17, 15) is 9.90 Å². The molecule has 1 fully saturated rings. The minimum Gasteiger partial charge on any atom is -0.391 e. The molecule has 1 saturated carbocycles. The molecule has 88 valence electrons. The molecule has 2 unspecified atom stereocenters. The number of hydrogen-bond acceptors (Lipinski definition) is 6. The van der Waals surface area contributed by atoms with Gasteiger partial charge in [-0.2, -0.15) is 4.98 Å². The van der Waals surface area contributed by atoms with E-state index >= 15 is 0 Å². The molecule has 0 aromatic carbocycles. The molecular formula is C9H14N4O3. The third-order valence-electron chi connectivity index (χ3n) is 2.36. The topological polar surface area (TPSA) is 114 Å². The predicted octanol–water partition coefficient (Wildman–Crippen LogP) is -0.658. The van der Waals surface area contributed by atoms with Gasteiger partial charge in [0.15, 0.2) is 0 Å². The summed E-state index contributed by atoms with van der Waals surface area (Å²) in [5.41, 5.74) is 5.59. The highest BCUT2D eigenvalue weighted by atomic mass is 16.5. The molecule has 0 radical (unpaired) electrons. The molecule has 1 amide bonds. The van der Waals surface area contributed by atoms with E-state index in [1.807, 2.05) is 0 Å². The van der Waals surface area contributed by atoms with Crippen molar-refractivity contribution in [1.29, 1.82) is 0 Å². The van der Waals surface area contributed by atoms with Gasteiger partial charge in [-0.15, -0.1) is 0 Å². The van der Waals surface area contributed by atoms with E-state index in [0.29, 0.717) is 0 Å². The first-order chi connectivity index (χ1) is 7.58. The second-order valence-electron chi connectivity index (χ2n) is 3.97. The van der Waals surface area contributed by atoms with Crippen molar-refractivity contribution in [3.63, 3.8) is 0 Å². The van der Waals surface area contributed by atoms with Crippen LogP contribution in [0.5, 0.6) is 0 Å². The van der Waals surface area contributed by atoms with Gasteiger partial charge in [-0.25, -0.2) is 0 Å². The molecule has 4 N–H and O–H groups in total. The van der Waals surface area contributed by atoms with Crippen molar-refractivity contribution >= 4 is 5.91 Å². The number of nitrogens with zero attached hydrogens (tertiary/aromatic N) is 2. The zero-order valence-corrected chi connectivity index (χ0v) is 8.88. The van der Waals surface area contributed by atoms with Crippen LogP contribution in [0.2, 0.25) is 0 Å². The number of hydrogen-bond donors (Lipinski definition) is 3. The summed E-state index contributed by atoms with van der Waals surface area (Å²) in [6, 6.07) is -0.533. The maximum atomic E-state index is 11.5. The molecular weight excluding hydrogens is 212 g/mol. The first-order valence-electron chi connectivity index (χ1n) is 5.16. The molecule has 2 rings (SSSR count). The summed E-state index contributed by atoms with van der Waals surface area (Å²) in [7, 11) is 0. The number of nitrogens with one attached hydrogen (secondary N) is 1. The highest BCUT2D eigenvalue weighted by Gasteiger charge is 2.27. The van der Waals surface area contributed by atoms with Crippen LogP contribution < -0.4 is 11.1 Å². The first-order valence-corrected chi connectivity index (χ1v) is 5.16. The fourth-order valence-corrected chi connectivity index (χ4v) is 1.15. The molecule has 1 heterocycles. The van der Waals surface area contributed by atoms with Crippen LogP contribution in [0.25, 0.3) is 0 Å². The second-order valence-corrected chi connectivity index (χ2v) is 3.97. The predicted molar refractivity (Wildman–Crippen MR) is 53.4 cm³/mol. The summed E-state index contributed by atoms with van der Waals surface area (Å²) in [5, 5.41) is 15.5. The average Bonchev–Trinajstić information content (AvgIpc) is 2.92. The number of aromatic nitrogens is 2. The lowest BCUT2D eigenvalue weighted by Crippen LogP contribution is -2.27. The van der Waals surface area contributed by atoms with Gasteiger partial charge in [-0.1, -0.05) is 5.16 Å². The van der Waals surface area contributed by atoms with Crippen molar-refractivity contribution in [1.82, 2.24) is 15.5 Å². The van der Waals surface area contributed by atoms with Gasteiger partial charge in [0.05, 0.1) is 6.10 Å². The Hall–Kier alpha value is -1.47. The summed E-state index contributed by atoms with van der Waals surface area (Å²) in [4.78, 5) is 15.3. The minimum atomic E-state index is -0.806. The van der Waals surface area contributed by atoms with Gasteiger partial charge < -0.3 is 20.7 Å². The quantitative estimate of drug-likeness (QED) is 0.628. The third-order valence-corrected chi connectivity index (χ3v) is 2.36. The summed E-state index contributed by atoms with van der Waals surface area (Å²) in [5.74, 6) is -0.343. The van der Waals surface area contributed by atoms with Crippen LogP contribution in [0.4, 0.5) is 0 Å². The molecule has 2 atom stereocenters. The normalized spacial score (nSPS) is 19.2. The molecule has 1 aromatic heterocycles. The zero-order chi connectivity index (χ0) is 11.7. The maximum absolute atomic E-state index is 11.5. The lowest BCUT2D eigenvalue weighted by Gasteiger charge is -2.08. The highest BCUT2D eigenvalue weighted by Crippen LogP contribution is 2.19. The van der Waals surface area contributed by atoms with E-state index in [-0.39, 0.29) is 23.7 Å². The monoisotopic (exact) mass is 226 g/mol. The van der Waals surface area contributed by atoms with Crippen LogP contribution >= 0.6 is 0 Å². The molecule has 0 aliphatic heterocycles.